The van der Waals surface area contributed by atoms with Crippen LogP contribution >= 0.6 is 12.4 Å². The maximum Gasteiger partial charge on any atom is 0.240 e. The number of nitrogens with one attached hydrogen (secondary N) is 2. The van der Waals surface area contributed by atoms with E-state index in [1.165, 1.54) is 12.0 Å². The van der Waals surface area contributed by atoms with Crippen LogP contribution in [0.1, 0.15) is 43.2 Å². The molecule has 8 heteroatoms. The van der Waals surface area contributed by atoms with Gasteiger partial charge in [-0.3, -0.25) is 4.79 Å². The molecule has 1 heterocycles. The molecule has 0 aromatic heterocycles. The van der Waals surface area contributed by atoms with Gasteiger partial charge in [-0.2, -0.15) is 0 Å². The number of aryl methyl sites for hydroxylation is 2. The number of hydrogen-bond acceptors (Lipinski definition) is 4. The Hall–Kier alpha value is -1.15. The van der Waals surface area contributed by atoms with Crippen LogP contribution in [0, 0.1) is 0 Å². The van der Waals surface area contributed by atoms with Crippen LogP contribution in [0.3, 0.4) is 0 Å². The molecule has 1 amide bonds. The van der Waals surface area contributed by atoms with E-state index in [2.05, 4.69) is 10.0 Å². The standard InChI is InChI=1S/C19H29N3O3S.ClH/c1-20-14-17-7-4-12-22(17)19(23)10-11-21-26(24,25)18-9-8-15-5-2-3-6-16(15)13-18;/h8-9,13,17,20-21H,2-7,10-12,14H2,1H3;1H. The number of likely N-dealkylation sites (tertiary alicyclic amines) is 1. The van der Waals surface area contributed by atoms with Crippen LogP contribution in [-0.4, -0.2) is 51.9 Å². The molecule has 0 bridgehead atoms. The Labute approximate surface area is 168 Å². The van der Waals surface area contributed by atoms with Crippen molar-refractivity contribution in [1.29, 1.82) is 0 Å². The SMILES string of the molecule is CNCC1CCCN1C(=O)CCNS(=O)(=O)c1ccc2c(c1)CCCC2.Cl. The highest BCUT2D eigenvalue weighted by Crippen LogP contribution is 2.24. The lowest BCUT2D eigenvalue weighted by atomic mass is 9.92. The van der Waals surface area contributed by atoms with Crippen molar-refractivity contribution in [3.8, 4) is 0 Å². The zero-order valence-corrected chi connectivity index (χ0v) is 17.5. The molecule has 2 N–H and O–H groups in total. The summed E-state index contributed by atoms with van der Waals surface area (Å²) in [5, 5.41) is 3.12. The first kappa shape index (κ1) is 22.1. The Morgan fingerprint density at radius 2 is 1.93 bits per heavy atom. The summed E-state index contributed by atoms with van der Waals surface area (Å²) in [5.41, 5.74) is 2.40. The third-order valence-corrected chi connectivity index (χ3v) is 6.86. The van der Waals surface area contributed by atoms with Crippen molar-refractivity contribution in [1.82, 2.24) is 14.9 Å². The van der Waals surface area contributed by atoms with Crippen LogP contribution < -0.4 is 10.0 Å². The monoisotopic (exact) mass is 415 g/mol. The second kappa shape index (κ2) is 9.87. The fourth-order valence-corrected chi connectivity index (χ4v) is 5.09. The molecule has 1 atom stereocenters. The molecule has 1 aromatic carbocycles. The van der Waals surface area contributed by atoms with Gasteiger partial charge in [0, 0.05) is 32.1 Å². The number of halogens is 1. The zero-order valence-electron chi connectivity index (χ0n) is 15.9. The summed E-state index contributed by atoms with van der Waals surface area (Å²) in [6.45, 7) is 1.69. The Morgan fingerprint density at radius 1 is 1.19 bits per heavy atom. The highest BCUT2D eigenvalue weighted by molar-refractivity contribution is 7.89. The van der Waals surface area contributed by atoms with E-state index in [1.807, 2.05) is 18.0 Å². The molecule has 1 unspecified atom stereocenters. The Balaban J connectivity index is 0.00000261. The summed E-state index contributed by atoms with van der Waals surface area (Å²) in [7, 11) is -1.69. The number of sulfonamides is 1. The lowest BCUT2D eigenvalue weighted by molar-refractivity contribution is -0.131. The number of nitrogens with zero attached hydrogens (tertiary/aromatic N) is 1. The van der Waals surface area contributed by atoms with Crippen LogP contribution in [0.4, 0.5) is 0 Å². The second-order valence-electron chi connectivity index (χ2n) is 7.23. The summed E-state index contributed by atoms with van der Waals surface area (Å²) < 4.78 is 27.7. The number of hydrogen-bond donors (Lipinski definition) is 2. The van der Waals surface area contributed by atoms with Gasteiger partial charge in [-0.15, -0.1) is 12.4 Å². The topological polar surface area (TPSA) is 78.5 Å². The van der Waals surface area contributed by atoms with Crippen molar-refractivity contribution in [2.45, 2.75) is 55.9 Å². The number of amides is 1. The van der Waals surface area contributed by atoms with E-state index in [-0.39, 0.29) is 37.3 Å². The number of likely N-dealkylation sites (N-methyl/N-ethyl adjacent to an activating group) is 1. The van der Waals surface area contributed by atoms with E-state index >= 15 is 0 Å². The number of benzene rings is 1. The van der Waals surface area contributed by atoms with Gasteiger partial charge in [0.1, 0.15) is 0 Å². The molecule has 1 saturated heterocycles. The Bertz CT molecular complexity index is 755. The third kappa shape index (κ3) is 5.44. The van der Waals surface area contributed by atoms with Crippen molar-refractivity contribution in [3.05, 3.63) is 29.3 Å². The number of rotatable bonds is 7. The number of fused-ring (bicyclic) bond motifs is 1. The summed E-state index contributed by atoms with van der Waals surface area (Å²) in [6.07, 6.45) is 6.48. The average molecular weight is 416 g/mol. The molecule has 1 fully saturated rings. The average Bonchev–Trinajstić information content (AvgIpc) is 3.10. The highest BCUT2D eigenvalue weighted by Gasteiger charge is 2.28. The molecule has 27 heavy (non-hydrogen) atoms. The van der Waals surface area contributed by atoms with Crippen molar-refractivity contribution < 1.29 is 13.2 Å². The van der Waals surface area contributed by atoms with Gasteiger partial charge >= 0.3 is 0 Å². The molecule has 0 spiro atoms. The molecule has 3 rings (SSSR count). The Morgan fingerprint density at radius 3 is 2.67 bits per heavy atom. The van der Waals surface area contributed by atoms with E-state index in [4.69, 9.17) is 0 Å². The van der Waals surface area contributed by atoms with Gasteiger partial charge in [0.25, 0.3) is 0 Å². The molecule has 2 aliphatic rings. The normalized spacial score (nSPS) is 19.4. The molecule has 1 aromatic rings. The maximum atomic E-state index is 12.5. The molecular formula is C19H30ClN3O3S. The summed E-state index contributed by atoms with van der Waals surface area (Å²) >= 11 is 0. The zero-order chi connectivity index (χ0) is 18.6. The lowest BCUT2D eigenvalue weighted by Gasteiger charge is -2.24. The molecule has 1 aliphatic heterocycles. The lowest BCUT2D eigenvalue weighted by Crippen LogP contribution is -2.42. The molecule has 0 radical (unpaired) electrons. The summed E-state index contributed by atoms with van der Waals surface area (Å²) in [6, 6.07) is 5.63. The molecule has 152 valence electrons. The van der Waals surface area contributed by atoms with Crippen molar-refractivity contribution in [3.63, 3.8) is 0 Å². The molecule has 6 nitrogen and oxygen atoms in total. The van der Waals surface area contributed by atoms with Gasteiger partial charge in [0.15, 0.2) is 0 Å². The van der Waals surface area contributed by atoms with Gasteiger partial charge in [0.2, 0.25) is 15.9 Å². The maximum absolute atomic E-state index is 12.5. The van der Waals surface area contributed by atoms with Gasteiger partial charge in [-0.05, 0) is 68.8 Å². The number of carbonyl (C=O) groups is 1. The van der Waals surface area contributed by atoms with Crippen LogP contribution in [0.2, 0.25) is 0 Å². The van der Waals surface area contributed by atoms with E-state index in [0.29, 0.717) is 4.90 Å². The minimum atomic E-state index is -3.57. The van der Waals surface area contributed by atoms with Gasteiger partial charge in [-0.1, -0.05) is 6.07 Å². The van der Waals surface area contributed by atoms with Gasteiger partial charge in [0.05, 0.1) is 4.90 Å². The second-order valence-corrected chi connectivity index (χ2v) is 8.99. The predicted molar refractivity (Wildman–Crippen MR) is 109 cm³/mol. The van der Waals surface area contributed by atoms with Gasteiger partial charge < -0.3 is 10.2 Å². The number of carbonyl (C=O) groups excluding carboxylic acids is 1. The van der Waals surface area contributed by atoms with Crippen LogP contribution in [-0.2, 0) is 27.7 Å². The van der Waals surface area contributed by atoms with E-state index in [9.17, 15) is 13.2 Å². The van der Waals surface area contributed by atoms with Crippen molar-refractivity contribution in [2.24, 2.45) is 0 Å². The van der Waals surface area contributed by atoms with E-state index < -0.39 is 10.0 Å². The first-order valence-corrected chi connectivity index (χ1v) is 11.0. The van der Waals surface area contributed by atoms with Crippen LogP contribution in [0.5, 0.6) is 0 Å². The van der Waals surface area contributed by atoms with Crippen molar-refractivity contribution in [2.75, 3.05) is 26.7 Å². The minimum Gasteiger partial charge on any atom is -0.338 e. The first-order valence-electron chi connectivity index (χ1n) is 9.57. The predicted octanol–water partition coefficient (Wildman–Crippen LogP) is 1.87. The molecule has 0 saturated carbocycles. The molecule has 1 aliphatic carbocycles. The van der Waals surface area contributed by atoms with E-state index in [0.717, 1.165) is 50.8 Å². The fraction of sp³-hybridized carbons (Fsp3) is 0.632. The quantitative estimate of drug-likeness (QED) is 0.712. The highest BCUT2D eigenvalue weighted by atomic mass is 35.5. The van der Waals surface area contributed by atoms with Crippen LogP contribution in [0.25, 0.3) is 0 Å². The summed E-state index contributed by atoms with van der Waals surface area (Å²) in [5.74, 6) is 0.0240. The Kier molecular flexibility index (Phi) is 8.09. The fourth-order valence-electron chi connectivity index (χ4n) is 4.01. The smallest absolute Gasteiger partial charge is 0.240 e. The van der Waals surface area contributed by atoms with Gasteiger partial charge in [-0.25, -0.2) is 13.1 Å². The van der Waals surface area contributed by atoms with E-state index in [1.54, 1.807) is 12.1 Å². The molecular weight excluding hydrogens is 386 g/mol. The largest absolute Gasteiger partial charge is 0.338 e. The first-order chi connectivity index (χ1) is 12.5. The van der Waals surface area contributed by atoms with Crippen LogP contribution in [0.15, 0.2) is 23.1 Å². The minimum absolute atomic E-state index is 0. The third-order valence-electron chi connectivity index (χ3n) is 5.40. The summed E-state index contributed by atoms with van der Waals surface area (Å²) in [4.78, 5) is 14.6. The van der Waals surface area contributed by atoms with Crippen molar-refractivity contribution >= 4 is 28.3 Å².